The fourth-order valence-corrected chi connectivity index (χ4v) is 1.56. The minimum Gasteiger partial charge on any atom is -0.449 e. The second-order valence-corrected chi connectivity index (χ2v) is 4.40. The maximum absolute atomic E-state index is 11.7. The number of anilines is 1. The van der Waals surface area contributed by atoms with Gasteiger partial charge in [-0.05, 0) is 19.9 Å². The van der Waals surface area contributed by atoms with Crippen molar-refractivity contribution in [2.45, 2.75) is 20.0 Å². The Hall–Kier alpha value is -1.59. The highest BCUT2D eigenvalue weighted by Crippen LogP contribution is 2.22. The standard InChI is InChI=1S/C12H12Cl2N2O3/c1-3-4-10(17)19-7(2)12(18)16-11-9(14)5-8(13)6-15-11/h3-7H,1-2H3,(H,15,16,18)/b4-3+. The Morgan fingerprint density at radius 3 is 2.74 bits per heavy atom. The number of carbonyl (C=O) groups is 2. The van der Waals surface area contributed by atoms with Gasteiger partial charge in [-0.2, -0.15) is 0 Å². The number of rotatable bonds is 4. The van der Waals surface area contributed by atoms with Crippen LogP contribution < -0.4 is 5.32 Å². The molecule has 1 atom stereocenters. The number of esters is 1. The van der Waals surface area contributed by atoms with Crippen LogP contribution in [0.2, 0.25) is 10.0 Å². The molecule has 102 valence electrons. The molecule has 5 nitrogen and oxygen atoms in total. The summed E-state index contributed by atoms with van der Waals surface area (Å²) in [6.45, 7) is 3.12. The van der Waals surface area contributed by atoms with Gasteiger partial charge in [0.15, 0.2) is 11.9 Å². The first-order valence-electron chi connectivity index (χ1n) is 5.39. The number of hydrogen-bond acceptors (Lipinski definition) is 4. The maximum atomic E-state index is 11.7. The topological polar surface area (TPSA) is 68.3 Å². The van der Waals surface area contributed by atoms with Gasteiger partial charge in [0.25, 0.3) is 5.91 Å². The van der Waals surface area contributed by atoms with Gasteiger partial charge >= 0.3 is 5.97 Å². The number of pyridine rings is 1. The molecule has 0 aromatic carbocycles. The van der Waals surface area contributed by atoms with Crippen molar-refractivity contribution < 1.29 is 14.3 Å². The van der Waals surface area contributed by atoms with E-state index < -0.39 is 18.0 Å². The molecule has 0 saturated carbocycles. The van der Waals surface area contributed by atoms with Gasteiger partial charge in [-0.3, -0.25) is 4.79 Å². The number of carbonyl (C=O) groups excluding carboxylic acids is 2. The zero-order chi connectivity index (χ0) is 14.4. The Kier molecular flexibility index (Phi) is 5.79. The van der Waals surface area contributed by atoms with E-state index in [2.05, 4.69) is 10.3 Å². The van der Waals surface area contributed by atoms with Crippen LogP contribution in [0.25, 0.3) is 0 Å². The van der Waals surface area contributed by atoms with E-state index in [4.69, 9.17) is 27.9 Å². The molecule has 0 spiro atoms. The number of halogens is 2. The summed E-state index contributed by atoms with van der Waals surface area (Å²) < 4.78 is 4.85. The lowest BCUT2D eigenvalue weighted by molar-refractivity contribution is -0.148. The highest BCUT2D eigenvalue weighted by molar-refractivity contribution is 6.36. The van der Waals surface area contributed by atoms with Crippen molar-refractivity contribution in [3.05, 3.63) is 34.5 Å². The van der Waals surface area contributed by atoms with Crippen LogP contribution in [-0.4, -0.2) is 23.0 Å². The van der Waals surface area contributed by atoms with Gasteiger partial charge in [0, 0.05) is 12.3 Å². The Morgan fingerprint density at radius 2 is 2.16 bits per heavy atom. The number of aromatic nitrogens is 1. The summed E-state index contributed by atoms with van der Waals surface area (Å²) in [6, 6.07) is 1.45. The van der Waals surface area contributed by atoms with Gasteiger partial charge in [0.1, 0.15) is 0 Å². The van der Waals surface area contributed by atoms with Gasteiger partial charge in [-0.1, -0.05) is 29.3 Å². The molecule has 1 N–H and O–H groups in total. The number of hydrogen-bond donors (Lipinski definition) is 1. The molecule has 0 fully saturated rings. The van der Waals surface area contributed by atoms with Crippen molar-refractivity contribution in [1.29, 1.82) is 0 Å². The first kappa shape index (κ1) is 15.5. The number of nitrogens with one attached hydrogen (secondary N) is 1. The third-order valence-electron chi connectivity index (χ3n) is 2.01. The zero-order valence-electron chi connectivity index (χ0n) is 10.3. The van der Waals surface area contributed by atoms with Gasteiger partial charge in [0.05, 0.1) is 10.0 Å². The fraction of sp³-hybridized carbons (Fsp3) is 0.250. The minimum atomic E-state index is -0.961. The number of amides is 1. The van der Waals surface area contributed by atoms with Crippen LogP contribution in [-0.2, 0) is 14.3 Å². The monoisotopic (exact) mass is 302 g/mol. The third kappa shape index (κ3) is 4.89. The van der Waals surface area contributed by atoms with Crippen molar-refractivity contribution in [2.24, 2.45) is 0 Å². The van der Waals surface area contributed by atoms with E-state index in [1.807, 2.05) is 0 Å². The van der Waals surface area contributed by atoms with Crippen molar-refractivity contribution in [2.75, 3.05) is 5.32 Å². The summed E-state index contributed by atoms with van der Waals surface area (Å²) >= 11 is 11.5. The van der Waals surface area contributed by atoms with E-state index in [1.54, 1.807) is 6.92 Å². The molecule has 7 heteroatoms. The highest BCUT2D eigenvalue weighted by Gasteiger charge is 2.18. The van der Waals surface area contributed by atoms with Crippen molar-refractivity contribution in [3.8, 4) is 0 Å². The SMILES string of the molecule is C/C=C/C(=O)OC(C)C(=O)Nc1ncc(Cl)cc1Cl. The summed E-state index contributed by atoms with van der Waals surface area (Å²) in [4.78, 5) is 26.8. The molecule has 1 aromatic heterocycles. The van der Waals surface area contributed by atoms with Crippen LogP contribution >= 0.6 is 23.2 Å². The summed E-state index contributed by atoms with van der Waals surface area (Å²) in [7, 11) is 0. The predicted octanol–water partition coefficient (Wildman–Crippen LogP) is 2.83. The van der Waals surface area contributed by atoms with Gasteiger partial charge < -0.3 is 10.1 Å². The van der Waals surface area contributed by atoms with Crippen LogP contribution in [0.1, 0.15) is 13.8 Å². The Labute approximate surface area is 120 Å². The molecule has 0 aliphatic rings. The fourth-order valence-electron chi connectivity index (χ4n) is 1.13. The Morgan fingerprint density at radius 1 is 1.47 bits per heavy atom. The van der Waals surface area contributed by atoms with E-state index in [0.717, 1.165) is 0 Å². The molecular weight excluding hydrogens is 291 g/mol. The lowest BCUT2D eigenvalue weighted by atomic mass is 10.3. The summed E-state index contributed by atoms with van der Waals surface area (Å²) in [5.74, 6) is -0.972. The predicted molar refractivity (Wildman–Crippen MR) is 73.3 cm³/mol. The molecule has 0 aliphatic heterocycles. The third-order valence-corrected chi connectivity index (χ3v) is 2.51. The average molecular weight is 303 g/mol. The smallest absolute Gasteiger partial charge is 0.331 e. The molecular formula is C12H12Cl2N2O3. The summed E-state index contributed by atoms with van der Waals surface area (Å²) in [5, 5.41) is 3.00. The van der Waals surface area contributed by atoms with E-state index in [-0.39, 0.29) is 10.8 Å². The van der Waals surface area contributed by atoms with E-state index in [1.165, 1.54) is 31.3 Å². The number of allylic oxidation sites excluding steroid dienone is 1. The van der Waals surface area contributed by atoms with E-state index >= 15 is 0 Å². The first-order valence-corrected chi connectivity index (χ1v) is 6.15. The average Bonchev–Trinajstić information content (AvgIpc) is 2.32. The molecule has 0 aliphatic carbocycles. The lowest BCUT2D eigenvalue weighted by Gasteiger charge is -2.12. The Balaban J connectivity index is 2.66. The van der Waals surface area contributed by atoms with Crippen LogP contribution in [0.5, 0.6) is 0 Å². The molecule has 1 amide bonds. The normalized spacial score (nSPS) is 12.2. The van der Waals surface area contributed by atoms with Crippen molar-refractivity contribution in [3.63, 3.8) is 0 Å². The molecule has 1 unspecified atom stereocenters. The number of ether oxygens (including phenoxy) is 1. The second kappa shape index (κ2) is 7.11. The summed E-state index contributed by atoms with van der Waals surface area (Å²) in [6.07, 6.45) is 3.12. The Bertz CT molecular complexity index is 518. The number of nitrogens with zero attached hydrogens (tertiary/aromatic N) is 1. The van der Waals surface area contributed by atoms with Crippen LogP contribution in [0.15, 0.2) is 24.4 Å². The highest BCUT2D eigenvalue weighted by atomic mass is 35.5. The second-order valence-electron chi connectivity index (χ2n) is 3.55. The van der Waals surface area contributed by atoms with Crippen molar-refractivity contribution >= 4 is 40.9 Å². The minimum absolute atomic E-state index is 0.157. The van der Waals surface area contributed by atoms with Gasteiger partial charge in [-0.25, -0.2) is 9.78 Å². The van der Waals surface area contributed by atoms with Gasteiger partial charge in [-0.15, -0.1) is 0 Å². The van der Waals surface area contributed by atoms with Gasteiger partial charge in [0.2, 0.25) is 0 Å². The van der Waals surface area contributed by atoms with Crippen LogP contribution in [0.4, 0.5) is 5.82 Å². The van der Waals surface area contributed by atoms with E-state index in [9.17, 15) is 9.59 Å². The largest absolute Gasteiger partial charge is 0.449 e. The van der Waals surface area contributed by atoms with E-state index in [0.29, 0.717) is 5.02 Å². The molecule has 1 rings (SSSR count). The summed E-state index contributed by atoms with van der Waals surface area (Å²) in [5.41, 5.74) is 0. The quantitative estimate of drug-likeness (QED) is 0.686. The molecule has 19 heavy (non-hydrogen) atoms. The molecule has 0 radical (unpaired) electrons. The lowest BCUT2D eigenvalue weighted by Crippen LogP contribution is -2.29. The molecule has 1 aromatic rings. The maximum Gasteiger partial charge on any atom is 0.331 e. The molecule has 0 saturated heterocycles. The molecule has 1 heterocycles. The van der Waals surface area contributed by atoms with Crippen molar-refractivity contribution in [1.82, 2.24) is 4.98 Å². The van der Waals surface area contributed by atoms with Crippen LogP contribution in [0.3, 0.4) is 0 Å². The zero-order valence-corrected chi connectivity index (χ0v) is 11.8. The first-order chi connectivity index (χ1) is 8.93. The van der Waals surface area contributed by atoms with Crippen LogP contribution in [0, 0.1) is 0 Å². The molecule has 0 bridgehead atoms.